The third kappa shape index (κ3) is 4.85. The summed E-state index contributed by atoms with van der Waals surface area (Å²) in [6.45, 7) is 14.8. The molecule has 1 fully saturated rings. The highest BCUT2D eigenvalue weighted by Gasteiger charge is 2.23. The van der Waals surface area contributed by atoms with Crippen molar-refractivity contribution in [1.82, 2.24) is 14.9 Å². The van der Waals surface area contributed by atoms with E-state index in [0.29, 0.717) is 0 Å². The minimum atomic E-state index is -0.278. The Balaban J connectivity index is 1.86. The summed E-state index contributed by atoms with van der Waals surface area (Å²) >= 11 is 0. The third-order valence-corrected chi connectivity index (χ3v) is 5.37. The molecule has 5 nitrogen and oxygen atoms in total. The number of β-amino-alcohol motifs (C(OH)–C–C–N with tert-alkyl or cyclic N) is 1. The first-order chi connectivity index (χ1) is 12.8. The fourth-order valence-electron chi connectivity index (χ4n) is 3.88. The maximum Gasteiger partial charge on any atom is 0.136 e. The topological polar surface area (TPSA) is 52.5 Å². The Labute approximate surface area is 163 Å². The average Bonchev–Trinajstić information content (AvgIpc) is 2.60. The van der Waals surface area contributed by atoms with Crippen molar-refractivity contribution in [2.24, 2.45) is 0 Å². The largest absolute Gasteiger partial charge is 0.392 e. The van der Waals surface area contributed by atoms with Gasteiger partial charge in [0.1, 0.15) is 11.6 Å². The van der Waals surface area contributed by atoms with Crippen molar-refractivity contribution in [1.29, 1.82) is 0 Å². The van der Waals surface area contributed by atoms with Crippen molar-refractivity contribution >= 4 is 5.82 Å². The predicted molar refractivity (Wildman–Crippen MR) is 111 cm³/mol. The molecule has 146 valence electrons. The van der Waals surface area contributed by atoms with Crippen LogP contribution in [-0.4, -0.2) is 58.8 Å². The Kier molecular flexibility index (Phi) is 6.12. The SMILES string of the molecule is Cc1ccc(C)c(Cc2c(C)nc(C)nc2N2CCN(CC(C)O)CC2)c1. The minimum Gasteiger partial charge on any atom is -0.392 e. The van der Waals surface area contributed by atoms with Gasteiger partial charge in [-0.05, 0) is 45.7 Å². The Morgan fingerprint density at radius 3 is 2.41 bits per heavy atom. The number of rotatable bonds is 5. The van der Waals surface area contributed by atoms with Crippen molar-refractivity contribution in [3.8, 4) is 0 Å². The smallest absolute Gasteiger partial charge is 0.136 e. The highest BCUT2D eigenvalue weighted by molar-refractivity contribution is 5.52. The van der Waals surface area contributed by atoms with E-state index >= 15 is 0 Å². The Bertz CT molecular complexity index is 795. The van der Waals surface area contributed by atoms with Crippen LogP contribution in [-0.2, 0) is 6.42 Å². The predicted octanol–water partition coefficient (Wildman–Crippen LogP) is 2.80. The quantitative estimate of drug-likeness (QED) is 0.879. The molecule has 2 heterocycles. The van der Waals surface area contributed by atoms with Crippen molar-refractivity contribution in [2.45, 2.75) is 47.1 Å². The van der Waals surface area contributed by atoms with E-state index in [2.05, 4.69) is 53.8 Å². The van der Waals surface area contributed by atoms with Crippen LogP contribution in [0.4, 0.5) is 5.82 Å². The Morgan fingerprint density at radius 2 is 1.74 bits per heavy atom. The summed E-state index contributed by atoms with van der Waals surface area (Å²) < 4.78 is 0. The number of aliphatic hydroxyl groups excluding tert-OH is 1. The van der Waals surface area contributed by atoms with Gasteiger partial charge in [0.25, 0.3) is 0 Å². The molecule has 0 bridgehead atoms. The van der Waals surface area contributed by atoms with Crippen LogP contribution in [0.15, 0.2) is 18.2 Å². The summed E-state index contributed by atoms with van der Waals surface area (Å²) in [5, 5.41) is 9.64. The molecule has 1 aromatic heterocycles. The zero-order valence-corrected chi connectivity index (χ0v) is 17.3. The second-order valence-electron chi connectivity index (χ2n) is 7.90. The van der Waals surface area contributed by atoms with E-state index in [1.54, 1.807) is 0 Å². The van der Waals surface area contributed by atoms with Crippen LogP contribution in [0.5, 0.6) is 0 Å². The third-order valence-electron chi connectivity index (χ3n) is 5.37. The van der Waals surface area contributed by atoms with Crippen molar-refractivity contribution in [2.75, 3.05) is 37.6 Å². The van der Waals surface area contributed by atoms with Gasteiger partial charge in [-0.1, -0.05) is 23.8 Å². The Morgan fingerprint density at radius 1 is 1.04 bits per heavy atom. The molecule has 1 unspecified atom stereocenters. The van der Waals surface area contributed by atoms with Crippen LogP contribution in [0.3, 0.4) is 0 Å². The summed E-state index contributed by atoms with van der Waals surface area (Å²) in [6, 6.07) is 6.64. The van der Waals surface area contributed by atoms with E-state index in [1.165, 1.54) is 22.3 Å². The second-order valence-corrected chi connectivity index (χ2v) is 7.90. The lowest BCUT2D eigenvalue weighted by Crippen LogP contribution is -2.48. The number of anilines is 1. The van der Waals surface area contributed by atoms with Crippen LogP contribution in [0, 0.1) is 27.7 Å². The normalized spacial score (nSPS) is 16.6. The van der Waals surface area contributed by atoms with Gasteiger partial charge in [-0.25, -0.2) is 9.97 Å². The van der Waals surface area contributed by atoms with Gasteiger partial charge in [0.2, 0.25) is 0 Å². The number of aryl methyl sites for hydroxylation is 4. The van der Waals surface area contributed by atoms with Gasteiger partial charge in [0.15, 0.2) is 0 Å². The van der Waals surface area contributed by atoms with Crippen molar-refractivity contribution in [3.63, 3.8) is 0 Å². The highest BCUT2D eigenvalue weighted by atomic mass is 16.3. The van der Waals surface area contributed by atoms with Gasteiger partial charge in [-0.15, -0.1) is 0 Å². The lowest BCUT2D eigenvalue weighted by molar-refractivity contribution is 0.122. The number of piperazine rings is 1. The average molecular weight is 369 g/mol. The van der Waals surface area contributed by atoms with Crippen LogP contribution in [0.1, 0.15) is 40.7 Å². The molecule has 1 aromatic carbocycles. The maximum atomic E-state index is 9.64. The fraction of sp³-hybridized carbons (Fsp3) is 0.545. The number of hydrogen-bond acceptors (Lipinski definition) is 5. The van der Waals surface area contributed by atoms with Gasteiger partial charge in [-0.3, -0.25) is 4.90 Å². The van der Waals surface area contributed by atoms with E-state index < -0.39 is 0 Å². The van der Waals surface area contributed by atoms with Gasteiger partial charge in [0, 0.05) is 50.4 Å². The Hall–Kier alpha value is -1.98. The molecule has 0 spiro atoms. The van der Waals surface area contributed by atoms with E-state index in [9.17, 15) is 5.11 Å². The summed E-state index contributed by atoms with van der Waals surface area (Å²) in [6.07, 6.45) is 0.586. The first-order valence-corrected chi connectivity index (χ1v) is 9.89. The number of benzene rings is 1. The molecule has 5 heteroatoms. The lowest BCUT2D eigenvalue weighted by atomic mass is 9.97. The number of hydrogen-bond donors (Lipinski definition) is 1. The fourth-order valence-corrected chi connectivity index (χ4v) is 3.88. The van der Waals surface area contributed by atoms with Crippen LogP contribution in [0.25, 0.3) is 0 Å². The van der Waals surface area contributed by atoms with Gasteiger partial charge >= 0.3 is 0 Å². The first kappa shape index (κ1) is 19.8. The van der Waals surface area contributed by atoms with Crippen molar-refractivity contribution in [3.05, 3.63) is 52.0 Å². The van der Waals surface area contributed by atoms with E-state index in [1.807, 2.05) is 13.8 Å². The van der Waals surface area contributed by atoms with Gasteiger partial charge in [0.05, 0.1) is 6.10 Å². The minimum absolute atomic E-state index is 0.278. The van der Waals surface area contributed by atoms with E-state index in [-0.39, 0.29) is 6.10 Å². The van der Waals surface area contributed by atoms with E-state index in [0.717, 1.165) is 56.5 Å². The molecule has 27 heavy (non-hydrogen) atoms. The van der Waals surface area contributed by atoms with Gasteiger partial charge < -0.3 is 10.0 Å². The molecule has 1 N–H and O–H groups in total. The standard InChI is InChI=1S/C22H32N4O/c1-15-6-7-16(2)20(12-15)13-21-18(4)23-19(5)24-22(21)26-10-8-25(9-11-26)14-17(3)27/h6-7,12,17,27H,8-11,13-14H2,1-5H3. The molecule has 0 aliphatic carbocycles. The molecule has 0 saturated carbocycles. The number of aromatic nitrogens is 2. The van der Waals surface area contributed by atoms with E-state index in [4.69, 9.17) is 4.98 Å². The lowest BCUT2D eigenvalue weighted by Gasteiger charge is -2.37. The van der Waals surface area contributed by atoms with Crippen LogP contribution in [0.2, 0.25) is 0 Å². The number of nitrogens with zero attached hydrogens (tertiary/aromatic N) is 4. The second kappa shape index (κ2) is 8.36. The first-order valence-electron chi connectivity index (χ1n) is 9.89. The molecule has 1 saturated heterocycles. The highest BCUT2D eigenvalue weighted by Crippen LogP contribution is 2.26. The summed E-state index contributed by atoms with van der Waals surface area (Å²) in [5.41, 5.74) is 6.26. The monoisotopic (exact) mass is 368 g/mol. The molecule has 1 atom stereocenters. The molecular weight excluding hydrogens is 336 g/mol. The molecule has 0 radical (unpaired) electrons. The molecule has 1 aliphatic heterocycles. The zero-order chi connectivity index (χ0) is 19.6. The zero-order valence-electron chi connectivity index (χ0n) is 17.3. The molecule has 0 amide bonds. The van der Waals surface area contributed by atoms with Crippen LogP contribution < -0.4 is 4.90 Å². The summed E-state index contributed by atoms with van der Waals surface area (Å²) in [7, 11) is 0. The summed E-state index contributed by atoms with van der Waals surface area (Å²) in [5.74, 6) is 1.91. The molecular formula is C22H32N4O. The maximum absolute atomic E-state index is 9.64. The van der Waals surface area contributed by atoms with Crippen LogP contribution >= 0.6 is 0 Å². The van der Waals surface area contributed by atoms with Gasteiger partial charge in [-0.2, -0.15) is 0 Å². The molecule has 2 aromatic rings. The molecule has 3 rings (SSSR count). The van der Waals surface area contributed by atoms with Crippen molar-refractivity contribution < 1.29 is 5.11 Å². The molecule has 1 aliphatic rings. The summed E-state index contributed by atoms with van der Waals surface area (Å²) in [4.78, 5) is 14.2. The number of aliphatic hydroxyl groups is 1.